The van der Waals surface area contributed by atoms with Crippen LogP contribution in [-0.2, 0) is 18.4 Å². The van der Waals surface area contributed by atoms with Gasteiger partial charge in [0.15, 0.2) is 6.29 Å². The van der Waals surface area contributed by atoms with E-state index in [2.05, 4.69) is 10.1 Å². The predicted molar refractivity (Wildman–Crippen MR) is 59.8 cm³/mol. The topological polar surface area (TPSA) is 60.2 Å². The molecule has 0 amide bonds. The van der Waals surface area contributed by atoms with Crippen LogP contribution in [0.1, 0.15) is 22.4 Å². The predicted octanol–water partition coefficient (Wildman–Crippen LogP) is 1.39. The van der Waals surface area contributed by atoms with Gasteiger partial charge in [-0.2, -0.15) is 5.10 Å². The van der Waals surface area contributed by atoms with Crippen molar-refractivity contribution in [2.45, 2.75) is 19.8 Å². The van der Waals surface area contributed by atoms with Gasteiger partial charge in [0.1, 0.15) is 0 Å². The second-order valence-electron chi connectivity index (χ2n) is 3.49. The summed E-state index contributed by atoms with van der Waals surface area (Å²) in [6.45, 7) is 2.19. The van der Waals surface area contributed by atoms with Crippen molar-refractivity contribution < 1.29 is 9.84 Å². The molecule has 0 radical (unpaired) electrons. The highest BCUT2D eigenvalue weighted by Gasteiger charge is 2.13. The number of thiazole rings is 1. The summed E-state index contributed by atoms with van der Waals surface area (Å²) in [5.74, 6) is 0. The van der Waals surface area contributed by atoms with Crippen LogP contribution in [0.25, 0.3) is 0 Å². The summed E-state index contributed by atoms with van der Waals surface area (Å²) in [6, 6.07) is 0. The minimum Gasteiger partial charge on any atom is -0.364 e. The van der Waals surface area contributed by atoms with Gasteiger partial charge in [0.05, 0.1) is 28.9 Å². The van der Waals surface area contributed by atoms with Gasteiger partial charge in [-0.25, -0.2) is 4.98 Å². The standard InChI is InChI=1S/C10H13N3O2S/c1-7-9(16-6-11-7)10(14)15-5-8-3-12-13(2)4-8/h3-4,6,10,14H,5H2,1-2H3. The molecule has 2 heterocycles. The Balaban J connectivity index is 1.93. The van der Waals surface area contributed by atoms with Crippen LogP contribution in [0.15, 0.2) is 17.9 Å². The number of hydrogen-bond donors (Lipinski definition) is 1. The van der Waals surface area contributed by atoms with Crippen LogP contribution < -0.4 is 0 Å². The van der Waals surface area contributed by atoms with Crippen LogP contribution >= 0.6 is 11.3 Å². The van der Waals surface area contributed by atoms with Crippen molar-refractivity contribution in [2.24, 2.45) is 7.05 Å². The van der Waals surface area contributed by atoms with Crippen LogP contribution in [0.5, 0.6) is 0 Å². The van der Waals surface area contributed by atoms with E-state index in [4.69, 9.17) is 4.74 Å². The summed E-state index contributed by atoms with van der Waals surface area (Å²) in [7, 11) is 1.84. The van der Waals surface area contributed by atoms with Crippen molar-refractivity contribution in [2.75, 3.05) is 0 Å². The smallest absolute Gasteiger partial charge is 0.192 e. The molecule has 1 unspecified atom stereocenters. The number of hydrogen-bond acceptors (Lipinski definition) is 5. The van der Waals surface area contributed by atoms with E-state index in [1.54, 1.807) is 16.4 Å². The van der Waals surface area contributed by atoms with Gasteiger partial charge in [0.25, 0.3) is 0 Å². The SMILES string of the molecule is Cc1ncsc1C(O)OCc1cnn(C)c1. The first-order chi connectivity index (χ1) is 7.66. The molecule has 0 spiro atoms. The van der Waals surface area contributed by atoms with Gasteiger partial charge < -0.3 is 9.84 Å². The quantitative estimate of drug-likeness (QED) is 0.819. The van der Waals surface area contributed by atoms with Gasteiger partial charge >= 0.3 is 0 Å². The molecule has 0 aliphatic rings. The fourth-order valence-corrected chi connectivity index (χ4v) is 2.08. The van der Waals surface area contributed by atoms with Gasteiger partial charge in [-0.3, -0.25) is 4.68 Å². The Labute approximate surface area is 97.3 Å². The molecule has 2 aromatic rings. The summed E-state index contributed by atoms with van der Waals surface area (Å²) in [4.78, 5) is 4.81. The summed E-state index contributed by atoms with van der Waals surface area (Å²) in [6.07, 6.45) is 2.66. The molecular formula is C10H13N3O2S. The normalized spacial score (nSPS) is 12.9. The molecule has 0 saturated heterocycles. The molecule has 0 aliphatic heterocycles. The molecule has 0 aliphatic carbocycles. The highest BCUT2D eigenvalue weighted by Crippen LogP contribution is 2.23. The van der Waals surface area contributed by atoms with Crippen LogP contribution in [0.4, 0.5) is 0 Å². The van der Waals surface area contributed by atoms with E-state index in [1.165, 1.54) is 11.3 Å². The number of aryl methyl sites for hydroxylation is 2. The van der Waals surface area contributed by atoms with E-state index in [1.807, 2.05) is 20.2 Å². The molecule has 2 rings (SSSR count). The Kier molecular flexibility index (Phi) is 3.33. The second kappa shape index (κ2) is 4.73. The van der Waals surface area contributed by atoms with Crippen LogP contribution in [-0.4, -0.2) is 19.9 Å². The van der Waals surface area contributed by atoms with E-state index < -0.39 is 6.29 Å². The zero-order valence-corrected chi connectivity index (χ0v) is 9.94. The third-order valence-corrected chi connectivity index (χ3v) is 3.13. The fourth-order valence-electron chi connectivity index (χ4n) is 1.35. The maximum Gasteiger partial charge on any atom is 0.192 e. The summed E-state index contributed by atoms with van der Waals surface area (Å²) >= 11 is 1.39. The lowest BCUT2D eigenvalue weighted by Crippen LogP contribution is -2.02. The average molecular weight is 239 g/mol. The van der Waals surface area contributed by atoms with E-state index in [0.717, 1.165) is 16.1 Å². The second-order valence-corrected chi connectivity index (χ2v) is 4.37. The van der Waals surface area contributed by atoms with E-state index in [0.29, 0.717) is 6.61 Å². The zero-order chi connectivity index (χ0) is 11.5. The highest BCUT2D eigenvalue weighted by molar-refractivity contribution is 7.09. The zero-order valence-electron chi connectivity index (χ0n) is 9.12. The highest BCUT2D eigenvalue weighted by atomic mass is 32.1. The molecule has 0 aromatic carbocycles. The van der Waals surface area contributed by atoms with Gasteiger partial charge in [0.2, 0.25) is 0 Å². The Hall–Kier alpha value is -1.24. The van der Waals surface area contributed by atoms with E-state index in [9.17, 15) is 5.11 Å². The van der Waals surface area contributed by atoms with Gasteiger partial charge in [-0.05, 0) is 6.92 Å². The molecule has 0 bridgehead atoms. The lowest BCUT2D eigenvalue weighted by Gasteiger charge is -2.09. The van der Waals surface area contributed by atoms with Gasteiger partial charge in [-0.15, -0.1) is 11.3 Å². The molecule has 0 fully saturated rings. The number of nitrogens with zero attached hydrogens (tertiary/aromatic N) is 3. The molecular weight excluding hydrogens is 226 g/mol. The third kappa shape index (κ3) is 2.46. The Morgan fingerprint density at radius 2 is 2.44 bits per heavy atom. The van der Waals surface area contributed by atoms with Gasteiger partial charge in [-0.1, -0.05) is 0 Å². The van der Waals surface area contributed by atoms with E-state index in [-0.39, 0.29) is 0 Å². The number of aliphatic hydroxyl groups is 1. The Morgan fingerprint density at radius 1 is 1.62 bits per heavy atom. The monoisotopic (exact) mass is 239 g/mol. The maximum absolute atomic E-state index is 9.78. The van der Waals surface area contributed by atoms with Crippen molar-refractivity contribution in [3.63, 3.8) is 0 Å². The molecule has 1 N–H and O–H groups in total. The Morgan fingerprint density at radius 3 is 3.00 bits per heavy atom. The molecule has 16 heavy (non-hydrogen) atoms. The number of aliphatic hydroxyl groups excluding tert-OH is 1. The summed E-state index contributed by atoms with van der Waals surface area (Å²) < 4.78 is 7.04. The van der Waals surface area contributed by atoms with Crippen molar-refractivity contribution in [1.29, 1.82) is 0 Å². The van der Waals surface area contributed by atoms with Crippen molar-refractivity contribution in [3.05, 3.63) is 34.0 Å². The average Bonchev–Trinajstić information content (AvgIpc) is 2.84. The molecule has 0 saturated carbocycles. The third-order valence-electron chi connectivity index (χ3n) is 2.17. The van der Waals surface area contributed by atoms with Crippen molar-refractivity contribution in [1.82, 2.24) is 14.8 Å². The summed E-state index contributed by atoms with van der Waals surface area (Å²) in [5, 5.41) is 13.8. The molecule has 6 heteroatoms. The van der Waals surface area contributed by atoms with Crippen LogP contribution in [0.3, 0.4) is 0 Å². The number of ether oxygens (including phenoxy) is 1. The first-order valence-corrected chi connectivity index (χ1v) is 5.72. The first kappa shape index (κ1) is 11.3. The molecule has 1 atom stereocenters. The fraction of sp³-hybridized carbons (Fsp3) is 0.400. The summed E-state index contributed by atoms with van der Waals surface area (Å²) in [5.41, 5.74) is 3.44. The molecule has 86 valence electrons. The van der Waals surface area contributed by atoms with Crippen LogP contribution in [0.2, 0.25) is 0 Å². The maximum atomic E-state index is 9.78. The van der Waals surface area contributed by atoms with E-state index >= 15 is 0 Å². The Bertz CT molecular complexity index is 466. The molecule has 2 aromatic heterocycles. The number of rotatable bonds is 4. The molecule has 5 nitrogen and oxygen atoms in total. The van der Waals surface area contributed by atoms with Crippen molar-refractivity contribution in [3.8, 4) is 0 Å². The largest absolute Gasteiger partial charge is 0.364 e. The lowest BCUT2D eigenvalue weighted by atomic mass is 10.3. The van der Waals surface area contributed by atoms with Gasteiger partial charge in [0, 0.05) is 18.8 Å². The lowest BCUT2D eigenvalue weighted by molar-refractivity contribution is -0.110. The van der Waals surface area contributed by atoms with Crippen LogP contribution in [0, 0.1) is 6.92 Å². The first-order valence-electron chi connectivity index (χ1n) is 4.84. The number of aromatic nitrogens is 3. The minimum atomic E-state index is -0.910. The van der Waals surface area contributed by atoms with Crippen molar-refractivity contribution >= 4 is 11.3 Å². The minimum absolute atomic E-state index is 0.340.